The monoisotopic (exact) mass is 205 g/mol. The number of carbonyl (C=O) groups excluding carboxylic acids is 1. The van der Waals surface area contributed by atoms with Crippen LogP contribution >= 0.6 is 0 Å². The molecule has 0 aliphatic rings. The van der Waals surface area contributed by atoms with Gasteiger partial charge in [-0.25, -0.2) is 4.79 Å². The number of aliphatic hydroxyl groups excluding tert-OH is 2. The molecule has 0 rings (SSSR count). The lowest BCUT2D eigenvalue weighted by molar-refractivity contribution is 0.0778. The van der Waals surface area contributed by atoms with Gasteiger partial charge in [0.05, 0.1) is 13.2 Å². The average molecular weight is 205 g/mol. The highest BCUT2D eigenvalue weighted by Gasteiger charge is 2.12. The molecule has 0 atom stereocenters. The zero-order chi connectivity index (χ0) is 10.8. The molecule has 0 aliphatic carbocycles. The molecular formula is C9H19NO4. The molecule has 0 saturated carbocycles. The summed E-state index contributed by atoms with van der Waals surface area (Å²) in [6, 6.07) is 0. The van der Waals surface area contributed by atoms with E-state index in [-0.39, 0.29) is 26.4 Å². The summed E-state index contributed by atoms with van der Waals surface area (Å²) in [5, 5.41) is 17.2. The summed E-state index contributed by atoms with van der Waals surface area (Å²) in [7, 11) is 0. The van der Waals surface area contributed by atoms with Gasteiger partial charge in [0.1, 0.15) is 6.61 Å². The lowest BCUT2D eigenvalue weighted by atomic mass is 10.3. The standard InChI is InChI=1S/C9H19NO4/c1-2-3-4-10(5-6-11)9(13)14-8-7-12/h11-12H,2-8H2,1H3. The van der Waals surface area contributed by atoms with Crippen LogP contribution < -0.4 is 0 Å². The summed E-state index contributed by atoms with van der Waals surface area (Å²) in [4.78, 5) is 12.7. The number of rotatable bonds is 7. The third kappa shape index (κ3) is 5.77. The molecule has 0 bridgehead atoms. The molecule has 0 aromatic rings. The van der Waals surface area contributed by atoms with Crippen LogP contribution in [0.15, 0.2) is 0 Å². The van der Waals surface area contributed by atoms with Gasteiger partial charge in [-0.1, -0.05) is 13.3 Å². The van der Waals surface area contributed by atoms with E-state index in [1.54, 1.807) is 0 Å². The van der Waals surface area contributed by atoms with E-state index in [0.29, 0.717) is 6.54 Å². The second kappa shape index (κ2) is 8.77. The van der Waals surface area contributed by atoms with Crippen molar-refractivity contribution >= 4 is 6.09 Å². The van der Waals surface area contributed by atoms with Crippen LogP contribution in [0.5, 0.6) is 0 Å². The molecule has 2 N–H and O–H groups in total. The summed E-state index contributed by atoms with van der Waals surface area (Å²) in [5.74, 6) is 0. The smallest absolute Gasteiger partial charge is 0.409 e. The summed E-state index contributed by atoms with van der Waals surface area (Å²) in [5.41, 5.74) is 0. The van der Waals surface area contributed by atoms with Gasteiger partial charge in [-0.05, 0) is 6.42 Å². The fraction of sp³-hybridized carbons (Fsp3) is 0.889. The first-order valence-electron chi connectivity index (χ1n) is 4.89. The fourth-order valence-corrected chi connectivity index (χ4v) is 0.988. The summed E-state index contributed by atoms with van der Waals surface area (Å²) in [6.45, 7) is 2.65. The molecule has 0 aliphatic heterocycles. The number of aliphatic hydroxyl groups is 2. The Hall–Kier alpha value is -0.810. The molecule has 84 valence electrons. The van der Waals surface area contributed by atoms with Crippen LogP contribution in [0.2, 0.25) is 0 Å². The maximum absolute atomic E-state index is 11.3. The summed E-state index contributed by atoms with van der Waals surface area (Å²) < 4.78 is 4.73. The maximum Gasteiger partial charge on any atom is 0.409 e. The Balaban J connectivity index is 3.84. The SMILES string of the molecule is CCCCN(CCO)C(=O)OCCO. The first-order chi connectivity index (χ1) is 6.76. The van der Waals surface area contributed by atoms with E-state index in [2.05, 4.69) is 0 Å². The van der Waals surface area contributed by atoms with Crippen LogP contribution in [0.1, 0.15) is 19.8 Å². The predicted octanol–water partition coefficient (Wildman–Crippen LogP) is 0.210. The zero-order valence-electron chi connectivity index (χ0n) is 8.61. The summed E-state index contributed by atoms with van der Waals surface area (Å²) >= 11 is 0. The first-order valence-corrected chi connectivity index (χ1v) is 4.89. The van der Waals surface area contributed by atoms with E-state index in [4.69, 9.17) is 14.9 Å². The van der Waals surface area contributed by atoms with Gasteiger partial charge in [0, 0.05) is 13.1 Å². The minimum absolute atomic E-state index is 0.00683. The maximum atomic E-state index is 11.3. The molecule has 0 heterocycles. The minimum atomic E-state index is -0.471. The van der Waals surface area contributed by atoms with Crippen molar-refractivity contribution in [3.8, 4) is 0 Å². The zero-order valence-corrected chi connectivity index (χ0v) is 8.61. The molecule has 14 heavy (non-hydrogen) atoms. The average Bonchev–Trinajstić information content (AvgIpc) is 2.20. The Labute approximate surface area is 84.3 Å². The van der Waals surface area contributed by atoms with Crippen molar-refractivity contribution in [2.24, 2.45) is 0 Å². The predicted molar refractivity (Wildman–Crippen MR) is 52.0 cm³/mol. The Morgan fingerprint density at radius 2 is 2.00 bits per heavy atom. The molecular weight excluding hydrogens is 186 g/mol. The van der Waals surface area contributed by atoms with Crippen LogP contribution in [0.25, 0.3) is 0 Å². The normalized spacial score (nSPS) is 9.93. The Morgan fingerprint density at radius 3 is 2.50 bits per heavy atom. The van der Waals surface area contributed by atoms with Crippen LogP contribution in [0, 0.1) is 0 Å². The molecule has 0 aromatic carbocycles. The van der Waals surface area contributed by atoms with E-state index in [1.807, 2.05) is 6.92 Å². The van der Waals surface area contributed by atoms with Crippen molar-refractivity contribution in [1.29, 1.82) is 0 Å². The number of nitrogens with zero attached hydrogens (tertiary/aromatic N) is 1. The van der Waals surface area contributed by atoms with E-state index >= 15 is 0 Å². The van der Waals surface area contributed by atoms with E-state index in [1.165, 1.54) is 4.90 Å². The highest BCUT2D eigenvalue weighted by atomic mass is 16.6. The molecule has 0 fully saturated rings. The Kier molecular flexibility index (Phi) is 8.27. The summed E-state index contributed by atoms with van der Waals surface area (Å²) in [6.07, 6.45) is 1.39. The molecule has 0 spiro atoms. The molecule has 0 unspecified atom stereocenters. The molecule has 1 amide bonds. The number of unbranched alkanes of at least 4 members (excludes halogenated alkanes) is 1. The highest BCUT2D eigenvalue weighted by molar-refractivity contribution is 5.67. The minimum Gasteiger partial charge on any atom is -0.447 e. The van der Waals surface area contributed by atoms with Crippen molar-refractivity contribution in [3.05, 3.63) is 0 Å². The largest absolute Gasteiger partial charge is 0.447 e. The number of hydrogen-bond acceptors (Lipinski definition) is 4. The second-order valence-corrected chi connectivity index (χ2v) is 2.90. The van der Waals surface area contributed by atoms with Crippen molar-refractivity contribution in [3.63, 3.8) is 0 Å². The molecule has 0 aromatic heterocycles. The number of hydrogen-bond donors (Lipinski definition) is 2. The quantitative estimate of drug-likeness (QED) is 0.623. The Morgan fingerprint density at radius 1 is 1.29 bits per heavy atom. The molecule has 5 nitrogen and oxygen atoms in total. The van der Waals surface area contributed by atoms with Gasteiger partial charge >= 0.3 is 6.09 Å². The van der Waals surface area contributed by atoms with Gasteiger partial charge in [-0.3, -0.25) is 0 Å². The molecule has 0 saturated heterocycles. The highest BCUT2D eigenvalue weighted by Crippen LogP contribution is 1.98. The Bertz CT molecular complexity index is 152. The third-order valence-electron chi connectivity index (χ3n) is 1.73. The molecule has 0 radical (unpaired) electrons. The van der Waals surface area contributed by atoms with Crippen molar-refractivity contribution in [2.45, 2.75) is 19.8 Å². The number of carbonyl (C=O) groups is 1. The second-order valence-electron chi connectivity index (χ2n) is 2.90. The van der Waals surface area contributed by atoms with Crippen molar-refractivity contribution in [2.75, 3.05) is 32.9 Å². The third-order valence-corrected chi connectivity index (χ3v) is 1.73. The van der Waals surface area contributed by atoms with Crippen LogP contribution in [0.4, 0.5) is 4.79 Å². The van der Waals surface area contributed by atoms with Gasteiger partial charge in [0.2, 0.25) is 0 Å². The lowest BCUT2D eigenvalue weighted by Crippen LogP contribution is -2.35. The van der Waals surface area contributed by atoms with Crippen LogP contribution in [0.3, 0.4) is 0 Å². The van der Waals surface area contributed by atoms with Gasteiger partial charge < -0.3 is 19.8 Å². The topological polar surface area (TPSA) is 70.0 Å². The lowest BCUT2D eigenvalue weighted by Gasteiger charge is -2.20. The van der Waals surface area contributed by atoms with E-state index in [9.17, 15) is 4.79 Å². The van der Waals surface area contributed by atoms with Crippen molar-refractivity contribution < 1.29 is 19.7 Å². The van der Waals surface area contributed by atoms with Gasteiger partial charge in [-0.15, -0.1) is 0 Å². The van der Waals surface area contributed by atoms with E-state index < -0.39 is 6.09 Å². The fourth-order valence-electron chi connectivity index (χ4n) is 0.988. The van der Waals surface area contributed by atoms with Crippen LogP contribution in [-0.2, 0) is 4.74 Å². The first kappa shape index (κ1) is 13.2. The van der Waals surface area contributed by atoms with Gasteiger partial charge in [-0.2, -0.15) is 0 Å². The van der Waals surface area contributed by atoms with Crippen LogP contribution in [-0.4, -0.2) is 54.1 Å². The van der Waals surface area contributed by atoms with Gasteiger partial charge in [0.15, 0.2) is 0 Å². The van der Waals surface area contributed by atoms with Gasteiger partial charge in [0.25, 0.3) is 0 Å². The number of ether oxygens (including phenoxy) is 1. The molecule has 5 heteroatoms. The van der Waals surface area contributed by atoms with E-state index in [0.717, 1.165) is 12.8 Å². The van der Waals surface area contributed by atoms with Crippen molar-refractivity contribution in [1.82, 2.24) is 4.90 Å². The number of amides is 1.